The lowest BCUT2D eigenvalue weighted by atomic mass is 9.75. The van der Waals surface area contributed by atoms with E-state index >= 15 is 0 Å². The van der Waals surface area contributed by atoms with E-state index in [1.807, 2.05) is 39.0 Å². The monoisotopic (exact) mass is 462 g/mol. The van der Waals surface area contributed by atoms with Crippen molar-refractivity contribution < 1.29 is 9.59 Å². The van der Waals surface area contributed by atoms with Gasteiger partial charge in [-0.15, -0.1) is 0 Å². The predicted molar refractivity (Wildman–Crippen MR) is 146 cm³/mol. The Bertz CT molecular complexity index is 851. The van der Waals surface area contributed by atoms with Crippen molar-refractivity contribution >= 4 is 11.6 Å². The highest BCUT2D eigenvalue weighted by Gasteiger charge is 2.26. The lowest BCUT2D eigenvalue weighted by Crippen LogP contribution is -2.21. The van der Waals surface area contributed by atoms with Gasteiger partial charge in [-0.05, 0) is 61.6 Å². The quantitative estimate of drug-likeness (QED) is 0.263. The third-order valence-corrected chi connectivity index (χ3v) is 6.42. The van der Waals surface area contributed by atoms with E-state index in [4.69, 9.17) is 0 Å². The van der Waals surface area contributed by atoms with Crippen LogP contribution in [0.3, 0.4) is 0 Å². The lowest BCUT2D eigenvalue weighted by Gasteiger charge is -2.29. The van der Waals surface area contributed by atoms with E-state index in [-0.39, 0.29) is 11.2 Å². The predicted octanol–water partition coefficient (Wildman–Crippen LogP) is 8.73. The Balaban J connectivity index is 0.000000350. The molecule has 0 fully saturated rings. The molecule has 0 aliphatic heterocycles. The number of ketones is 2. The smallest absolute Gasteiger partial charge is 0.155 e. The van der Waals surface area contributed by atoms with E-state index in [9.17, 15) is 9.59 Å². The molecule has 0 amide bonds. The number of benzene rings is 2. The number of carbonyl (C=O) groups excluding carboxylic acids is 2. The van der Waals surface area contributed by atoms with Crippen LogP contribution in [0.1, 0.15) is 97.1 Å². The number of rotatable bonds is 14. The van der Waals surface area contributed by atoms with Gasteiger partial charge in [0.2, 0.25) is 0 Å². The van der Waals surface area contributed by atoms with Gasteiger partial charge in [0.05, 0.1) is 0 Å². The molecule has 2 aromatic rings. The molecule has 0 radical (unpaired) electrons. The first kappa shape index (κ1) is 29.6. The maximum absolute atomic E-state index is 11.8. The Morgan fingerprint density at radius 2 is 1.35 bits per heavy atom. The number of carbonyl (C=O) groups is 2. The molecule has 0 aliphatic carbocycles. The molecule has 0 aliphatic rings. The summed E-state index contributed by atoms with van der Waals surface area (Å²) in [7, 11) is 0. The van der Waals surface area contributed by atoms with E-state index in [0.717, 1.165) is 32.1 Å². The van der Waals surface area contributed by atoms with Crippen molar-refractivity contribution in [2.24, 2.45) is 5.41 Å². The van der Waals surface area contributed by atoms with Crippen LogP contribution in [0.15, 0.2) is 72.3 Å². The van der Waals surface area contributed by atoms with E-state index in [2.05, 4.69) is 56.3 Å². The summed E-state index contributed by atoms with van der Waals surface area (Å²) in [5.74, 6) is 0.632. The summed E-state index contributed by atoms with van der Waals surface area (Å²) in [6.07, 6.45) is 11.6. The zero-order valence-electron chi connectivity index (χ0n) is 22.2. The van der Waals surface area contributed by atoms with Crippen molar-refractivity contribution in [2.45, 2.75) is 98.8 Å². The Hall–Kier alpha value is -2.48. The van der Waals surface area contributed by atoms with Crippen LogP contribution in [-0.4, -0.2) is 11.6 Å². The number of hydrogen-bond acceptors (Lipinski definition) is 2. The number of aryl methyl sites for hydroxylation is 2. The number of allylic oxidation sites excluding steroid dienone is 2. The van der Waals surface area contributed by atoms with E-state index < -0.39 is 0 Å². The van der Waals surface area contributed by atoms with Crippen molar-refractivity contribution in [3.8, 4) is 0 Å². The minimum Gasteiger partial charge on any atom is -0.300 e. The second-order valence-electron chi connectivity index (χ2n) is 9.76. The average molecular weight is 463 g/mol. The van der Waals surface area contributed by atoms with Crippen molar-refractivity contribution in [3.63, 3.8) is 0 Å². The molecule has 2 heteroatoms. The fourth-order valence-corrected chi connectivity index (χ4v) is 4.03. The average Bonchev–Trinajstić information content (AvgIpc) is 2.86. The highest BCUT2D eigenvalue weighted by Crippen LogP contribution is 2.34. The molecule has 0 bridgehead atoms. The minimum atomic E-state index is 0.180. The highest BCUT2D eigenvalue weighted by atomic mass is 16.1. The molecule has 0 spiro atoms. The SMILES string of the molecule is CCC(=O)/C=C(\C)CCc1ccccc1.CCCC[C@@](C)(CCc1ccccc1)CC(=O)CC. The maximum atomic E-state index is 11.8. The van der Waals surface area contributed by atoms with E-state index in [1.54, 1.807) is 6.08 Å². The molecule has 2 nitrogen and oxygen atoms in total. The fourth-order valence-electron chi connectivity index (χ4n) is 4.03. The molecular weight excluding hydrogens is 416 g/mol. The van der Waals surface area contributed by atoms with Gasteiger partial charge in [-0.25, -0.2) is 0 Å². The molecule has 0 heterocycles. The third-order valence-electron chi connectivity index (χ3n) is 6.42. The number of Topliss-reactive ketones (excluding diaryl/α,β-unsaturated/α-hetero) is 1. The van der Waals surface area contributed by atoms with Crippen molar-refractivity contribution in [1.82, 2.24) is 0 Å². The Labute approximate surface area is 208 Å². The summed E-state index contributed by atoms with van der Waals surface area (Å²) in [6, 6.07) is 21.0. The normalized spacial score (nSPS) is 12.9. The Morgan fingerprint density at radius 3 is 1.85 bits per heavy atom. The molecule has 0 N–H and O–H groups in total. The first-order chi connectivity index (χ1) is 16.3. The van der Waals surface area contributed by atoms with Gasteiger partial charge < -0.3 is 0 Å². The van der Waals surface area contributed by atoms with Gasteiger partial charge in [0.15, 0.2) is 5.78 Å². The van der Waals surface area contributed by atoms with Gasteiger partial charge in [0.1, 0.15) is 5.78 Å². The van der Waals surface area contributed by atoms with Gasteiger partial charge in [-0.3, -0.25) is 9.59 Å². The van der Waals surface area contributed by atoms with Crippen LogP contribution >= 0.6 is 0 Å². The largest absolute Gasteiger partial charge is 0.300 e. The molecule has 2 rings (SSSR count). The first-order valence-corrected chi connectivity index (χ1v) is 13.1. The van der Waals surface area contributed by atoms with Crippen molar-refractivity contribution in [3.05, 3.63) is 83.4 Å². The van der Waals surface area contributed by atoms with Gasteiger partial charge in [-0.1, -0.05) is 107 Å². The van der Waals surface area contributed by atoms with Crippen LogP contribution in [0.5, 0.6) is 0 Å². The van der Waals surface area contributed by atoms with Crippen LogP contribution < -0.4 is 0 Å². The molecule has 0 saturated heterocycles. The minimum absolute atomic E-state index is 0.180. The summed E-state index contributed by atoms with van der Waals surface area (Å²) in [5.41, 5.74) is 4.06. The topological polar surface area (TPSA) is 34.1 Å². The van der Waals surface area contributed by atoms with Crippen LogP contribution in [0, 0.1) is 5.41 Å². The molecule has 34 heavy (non-hydrogen) atoms. The Morgan fingerprint density at radius 1 is 0.794 bits per heavy atom. The second-order valence-corrected chi connectivity index (χ2v) is 9.76. The number of hydrogen-bond donors (Lipinski definition) is 0. The van der Waals surface area contributed by atoms with Gasteiger partial charge in [0.25, 0.3) is 0 Å². The van der Waals surface area contributed by atoms with E-state index in [0.29, 0.717) is 18.6 Å². The highest BCUT2D eigenvalue weighted by molar-refractivity contribution is 5.89. The van der Waals surface area contributed by atoms with Crippen molar-refractivity contribution in [1.29, 1.82) is 0 Å². The van der Waals surface area contributed by atoms with Crippen LogP contribution in [0.25, 0.3) is 0 Å². The summed E-state index contributed by atoms with van der Waals surface area (Å²) in [6.45, 7) is 10.4. The zero-order valence-corrected chi connectivity index (χ0v) is 22.2. The van der Waals surface area contributed by atoms with Gasteiger partial charge in [-0.2, -0.15) is 0 Å². The summed E-state index contributed by atoms with van der Waals surface area (Å²) < 4.78 is 0. The molecule has 1 atom stereocenters. The fraction of sp³-hybridized carbons (Fsp3) is 0.500. The molecular formula is C32H46O2. The molecule has 186 valence electrons. The van der Waals surface area contributed by atoms with Gasteiger partial charge in [0, 0.05) is 19.3 Å². The first-order valence-electron chi connectivity index (χ1n) is 13.1. The third kappa shape index (κ3) is 13.3. The summed E-state index contributed by atoms with van der Waals surface area (Å²) in [4.78, 5) is 23.0. The van der Waals surface area contributed by atoms with Crippen LogP contribution in [0.4, 0.5) is 0 Å². The van der Waals surface area contributed by atoms with Crippen LogP contribution in [0.2, 0.25) is 0 Å². The summed E-state index contributed by atoms with van der Waals surface area (Å²) >= 11 is 0. The lowest BCUT2D eigenvalue weighted by molar-refractivity contribution is -0.121. The molecule has 0 unspecified atom stereocenters. The molecule has 2 aromatic carbocycles. The molecule has 0 saturated carbocycles. The van der Waals surface area contributed by atoms with E-state index in [1.165, 1.54) is 36.0 Å². The van der Waals surface area contributed by atoms with Crippen molar-refractivity contribution in [2.75, 3.05) is 0 Å². The van der Waals surface area contributed by atoms with Gasteiger partial charge >= 0.3 is 0 Å². The standard InChI is InChI=1S/C18H28O.C14H18O/c1-4-6-13-18(3,15-17(19)5-2)14-12-16-10-8-7-9-11-16;1-3-14(15)11-12(2)9-10-13-7-5-4-6-8-13/h7-11H,4-6,12-15H2,1-3H3;4-8,11H,3,9-10H2,1-2H3/b;12-11+/t18-;/m0./s1. The summed E-state index contributed by atoms with van der Waals surface area (Å²) in [5, 5.41) is 0. The second kappa shape index (κ2) is 17.0. The maximum Gasteiger partial charge on any atom is 0.155 e. The Kier molecular flexibility index (Phi) is 14.8. The number of unbranched alkanes of at least 4 members (excludes halogenated alkanes) is 1. The zero-order chi connectivity index (χ0) is 25.2. The molecule has 0 aromatic heterocycles. The van der Waals surface area contributed by atoms with Crippen LogP contribution in [-0.2, 0) is 22.4 Å².